The predicted molar refractivity (Wildman–Crippen MR) is 104 cm³/mol. The summed E-state index contributed by atoms with van der Waals surface area (Å²) in [5.74, 6) is 0.103. The molecular weight excluding hydrogens is 356 g/mol. The van der Waals surface area contributed by atoms with Crippen molar-refractivity contribution in [1.29, 1.82) is 0 Å². The number of carbonyl (C=O) groups excluding carboxylic acids is 1. The third-order valence-corrected chi connectivity index (χ3v) is 5.59. The smallest absolute Gasteiger partial charge is 0.265 e. The van der Waals surface area contributed by atoms with Gasteiger partial charge in [-0.1, -0.05) is 17.7 Å². The van der Waals surface area contributed by atoms with Crippen LogP contribution in [-0.4, -0.2) is 61.0 Å². The minimum atomic E-state index is 0.103. The standard InChI is InChI=1S/C18H23ClN4OS/c1-13-17(25-16(20-13)12-21(2)3)18(24)23-9-7-22(8-10-23)15-6-4-5-14(19)11-15/h4-6,11H,7-10,12H2,1-3H3. The number of hydrogen-bond donors (Lipinski definition) is 0. The van der Waals surface area contributed by atoms with Gasteiger partial charge in [0.1, 0.15) is 9.88 Å². The lowest BCUT2D eigenvalue weighted by molar-refractivity contribution is 0.0750. The van der Waals surface area contributed by atoms with Gasteiger partial charge in [0.15, 0.2) is 0 Å². The fourth-order valence-electron chi connectivity index (χ4n) is 2.97. The summed E-state index contributed by atoms with van der Waals surface area (Å²) in [4.78, 5) is 24.4. The number of aryl methyl sites for hydroxylation is 1. The molecule has 0 aliphatic carbocycles. The molecule has 7 heteroatoms. The Kier molecular flexibility index (Phi) is 5.61. The molecule has 1 aromatic carbocycles. The van der Waals surface area contributed by atoms with Crippen LogP contribution in [0.3, 0.4) is 0 Å². The lowest BCUT2D eigenvalue weighted by atomic mass is 10.2. The molecule has 1 aliphatic rings. The average molecular weight is 379 g/mol. The van der Waals surface area contributed by atoms with Crippen molar-refractivity contribution in [2.24, 2.45) is 0 Å². The van der Waals surface area contributed by atoms with Gasteiger partial charge >= 0.3 is 0 Å². The number of rotatable bonds is 4. The molecule has 1 saturated heterocycles. The van der Waals surface area contributed by atoms with Crippen LogP contribution in [0.2, 0.25) is 5.02 Å². The Morgan fingerprint density at radius 1 is 1.28 bits per heavy atom. The molecule has 0 bridgehead atoms. The van der Waals surface area contributed by atoms with Crippen LogP contribution in [0.4, 0.5) is 5.69 Å². The summed E-state index contributed by atoms with van der Waals surface area (Å²) in [5.41, 5.74) is 1.95. The third kappa shape index (κ3) is 4.32. The van der Waals surface area contributed by atoms with Gasteiger partial charge in [0.05, 0.1) is 5.69 Å². The van der Waals surface area contributed by atoms with Crippen LogP contribution in [0.15, 0.2) is 24.3 Å². The van der Waals surface area contributed by atoms with Crippen molar-refractivity contribution < 1.29 is 4.79 Å². The van der Waals surface area contributed by atoms with E-state index in [0.29, 0.717) is 13.1 Å². The molecule has 1 amide bonds. The molecule has 1 aromatic heterocycles. The normalized spacial score (nSPS) is 15.1. The summed E-state index contributed by atoms with van der Waals surface area (Å²) in [7, 11) is 4.01. The average Bonchev–Trinajstić information content (AvgIpc) is 2.94. The van der Waals surface area contributed by atoms with E-state index in [-0.39, 0.29) is 5.91 Å². The van der Waals surface area contributed by atoms with Gasteiger partial charge in [0.2, 0.25) is 0 Å². The molecule has 0 spiro atoms. The molecule has 0 unspecified atom stereocenters. The van der Waals surface area contributed by atoms with Gasteiger partial charge in [-0.25, -0.2) is 4.98 Å². The number of amides is 1. The number of aromatic nitrogens is 1. The van der Waals surface area contributed by atoms with Crippen molar-refractivity contribution in [2.45, 2.75) is 13.5 Å². The van der Waals surface area contributed by atoms with E-state index in [2.05, 4.69) is 20.9 Å². The molecule has 1 fully saturated rings. The number of anilines is 1. The second kappa shape index (κ2) is 7.72. The quantitative estimate of drug-likeness (QED) is 0.819. The summed E-state index contributed by atoms with van der Waals surface area (Å²) in [5, 5.41) is 1.73. The number of benzene rings is 1. The van der Waals surface area contributed by atoms with E-state index in [0.717, 1.165) is 45.9 Å². The van der Waals surface area contributed by atoms with Crippen LogP contribution in [0, 0.1) is 6.92 Å². The second-order valence-corrected chi connectivity index (χ2v) is 8.04. The van der Waals surface area contributed by atoms with Crippen molar-refractivity contribution in [3.63, 3.8) is 0 Å². The van der Waals surface area contributed by atoms with Crippen molar-refractivity contribution in [2.75, 3.05) is 45.2 Å². The van der Waals surface area contributed by atoms with E-state index in [1.165, 1.54) is 11.3 Å². The zero-order valence-electron chi connectivity index (χ0n) is 14.8. The highest BCUT2D eigenvalue weighted by Gasteiger charge is 2.25. The van der Waals surface area contributed by atoms with Crippen LogP contribution in [0.5, 0.6) is 0 Å². The van der Waals surface area contributed by atoms with Crippen molar-refractivity contribution in [3.05, 3.63) is 44.9 Å². The maximum atomic E-state index is 12.9. The second-order valence-electron chi connectivity index (χ2n) is 6.52. The minimum absolute atomic E-state index is 0.103. The topological polar surface area (TPSA) is 39.7 Å². The van der Waals surface area contributed by atoms with Gasteiger partial charge in [-0.2, -0.15) is 0 Å². The first-order valence-corrected chi connectivity index (χ1v) is 9.54. The van der Waals surface area contributed by atoms with Crippen molar-refractivity contribution in [1.82, 2.24) is 14.8 Å². The number of hydrogen-bond acceptors (Lipinski definition) is 5. The SMILES string of the molecule is Cc1nc(CN(C)C)sc1C(=O)N1CCN(c2cccc(Cl)c2)CC1. The lowest BCUT2D eigenvalue weighted by Gasteiger charge is -2.36. The van der Waals surface area contributed by atoms with Crippen LogP contribution < -0.4 is 4.90 Å². The number of nitrogens with zero attached hydrogens (tertiary/aromatic N) is 4. The zero-order chi connectivity index (χ0) is 18.0. The predicted octanol–water partition coefficient (Wildman–Crippen LogP) is 3.13. The summed E-state index contributed by atoms with van der Waals surface area (Å²) in [6, 6.07) is 7.87. The summed E-state index contributed by atoms with van der Waals surface area (Å²) < 4.78 is 0. The number of thiazole rings is 1. The van der Waals surface area contributed by atoms with Crippen LogP contribution >= 0.6 is 22.9 Å². The summed E-state index contributed by atoms with van der Waals surface area (Å²) in [6.07, 6.45) is 0. The van der Waals surface area contributed by atoms with Gasteiger partial charge in [-0.05, 0) is 39.2 Å². The Bertz CT molecular complexity index is 753. The van der Waals surface area contributed by atoms with E-state index in [4.69, 9.17) is 11.6 Å². The van der Waals surface area contributed by atoms with Gasteiger partial charge in [-0.3, -0.25) is 4.79 Å². The first kappa shape index (κ1) is 18.2. The molecule has 134 valence electrons. The van der Waals surface area contributed by atoms with Gasteiger partial charge in [-0.15, -0.1) is 11.3 Å². The Labute approximate surface area is 157 Å². The fourth-order valence-corrected chi connectivity index (χ4v) is 4.31. The van der Waals surface area contributed by atoms with E-state index in [9.17, 15) is 4.79 Å². The number of carbonyl (C=O) groups is 1. The molecule has 25 heavy (non-hydrogen) atoms. The molecule has 0 radical (unpaired) electrons. The minimum Gasteiger partial charge on any atom is -0.368 e. The van der Waals surface area contributed by atoms with Crippen molar-refractivity contribution in [3.8, 4) is 0 Å². The zero-order valence-corrected chi connectivity index (χ0v) is 16.4. The highest BCUT2D eigenvalue weighted by Crippen LogP contribution is 2.24. The highest BCUT2D eigenvalue weighted by atomic mass is 35.5. The van der Waals surface area contributed by atoms with E-state index < -0.39 is 0 Å². The number of piperazine rings is 1. The van der Waals surface area contributed by atoms with Crippen LogP contribution in [0.25, 0.3) is 0 Å². The largest absolute Gasteiger partial charge is 0.368 e. The van der Waals surface area contributed by atoms with Crippen LogP contribution in [-0.2, 0) is 6.54 Å². The molecule has 0 atom stereocenters. The third-order valence-electron chi connectivity index (χ3n) is 4.23. The van der Waals surface area contributed by atoms with Gasteiger partial charge in [0.25, 0.3) is 5.91 Å². The maximum Gasteiger partial charge on any atom is 0.265 e. The Morgan fingerprint density at radius 2 is 2.00 bits per heavy atom. The Hall–Kier alpha value is -1.63. The molecular formula is C18H23ClN4OS. The van der Waals surface area contributed by atoms with E-state index >= 15 is 0 Å². The highest BCUT2D eigenvalue weighted by molar-refractivity contribution is 7.13. The molecule has 5 nitrogen and oxygen atoms in total. The summed E-state index contributed by atoms with van der Waals surface area (Å²) >= 11 is 7.59. The first-order valence-electron chi connectivity index (χ1n) is 8.35. The first-order chi connectivity index (χ1) is 11.9. The molecule has 0 saturated carbocycles. The molecule has 2 heterocycles. The molecule has 2 aromatic rings. The van der Waals surface area contributed by atoms with E-state index in [1.807, 2.05) is 44.1 Å². The Balaban J connectivity index is 1.64. The molecule has 3 rings (SSSR count). The van der Waals surface area contributed by atoms with E-state index in [1.54, 1.807) is 0 Å². The van der Waals surface area contributed by atoms with Gasteiger partial charge in [0, 0.05) is 43.4 Å². The van der Waals surface area contributed by atoms with Crippen molar-refractivity contribution >= 4 is 34.5 Å². The van der Waals surface area contributed by atoms with Crippen LogP contribution in [0.1, 0.15) is 20.4 Å². The molecule has 1 aliphatic heterocycles. The number of halogens is 1. The fraction of sp³-hybridized carbons (Fsp3) is 0.444. The monoisotopic (exact) mass is 378 g/mol. The maximum absolute atomic E-state index is 12.9. The lowest BCUT2D eigenvalue weighted by Crippen LogP contribution is -2.48. The Morgan fingerprint density at radius 3 is 2.64 bits per heavy atom. The molecule has 0 N–H and O–H groups in total. The van der Waals surface area contributed by atoms with Gasteiger partial charge < -0.3 is 14.7 Å². The summed E-state index contributed by atoms with van der Waals surface area (Å²) in [6.45, 7) is 5.74.